The van der Waals surface area contributed by atoms with Crippen molar-refractivity contribution in [3.05, 3.63) is 60.1 Å². The normalized spacial score (nSPS) is 15.3. The quantitative estimate of drug-likeness (QED) is 0.645. The van der Waals surface area contributed by atoms with E-state index < -0.39 is 0 Å². The number of hydrogen-bond donors (Lipinski definition) is 0. The average Bonchev–Trinajstić information content (AvgIpc) is 3.10. The molecule has 1 aromatic carbocycles. The van der Waals surface area contributed by atoms with Gasteiger partial charge < -0.3 is 9.15 Å². The highest BCUT2D eigenvalue weighted by Gasteiger charge is 2.20. The van der Waals surface area contributed by atoms with E-state index in [1.54, 1.807) is 12.4 Å². The second kappa shape index (κ2) is 6.23. The van der Waals surface area contributed by atoms with Gasteiger partial charge in [0.15, 0.2) is 11.7 Å². The van der Waals surface area contributed by atoms with Crippen molar-refractivity contribution in [2.24, 2.45) is 0 Å². The molecule has 0 spiro atoms. The molecule has 3 heterocycles. The molecule has 4 nitrogen and oxygen atoms in total. The predicted molar refractivity (Wildman–Crippen MR) is 87.0 cm³/mol. The van der Waals surface area contributed by atoms with Crippen LogP contribution in [0, 0.1) is 11.8 Å². The molecule has 4 rings (SSSR count). The van der Waals surface area contributed by atoms with Gasteiger partial charge in [-0.2, -0.15) is 0 Å². The fraction of sp³-hybridized carbons (Fsp3) is 0.263. The minimum absolute atomic E-state index is 0.350. The predicted octanol–water partition coefficient (Wildman–Crippen LogP) is 3.52. The summed E-state index contributed by atoms with van der Waals surface area (Å²) < 4.78 is 11.2. The second-order valence-electron chi connectivity index (χ2n) is 5.60. The van der Waals surface area contributed by atoms with Gasteiger partial charge in [-0.25, -0.2) is 4.98 Å². The number of rotatable bonds is 1. The molecule has 0 unspecified atom stereocenters. The van der Waals surface area contributed by atoms with Crippen LogP contribution in [0.3, 0.4) is 0 Å². The maximum atomic E-state index is 5.80. The Morgan fingerprint density at radius 3 is 2.87 bits per heavy atom. The molecular formula is C19H16N2O2. The lowest BCUT2D eigenvalue weighted by Gasteiger charge is -2.18. The summed E-state index contributed by atoms with van der Waals surface area (Å²) in [7, 11) is 0. The molecule has 1 saturated heterocycles. The molecule has 3 aromatic rings. The van der Waals surface area contributed by atoms with Crippen LogP contribution in [0.2, 0.25) is 0 Å². The molecule has 0 N–H and O–H groups in total. The first-order valence-corrected chi connectivity index (χ1v) is 7.78. The van der Waals surface area contributed by atoms with E-state index in [-0.39, 0.29) is 0 Å². The number of benzene rings is 1. The van der Waals surface area contributed by atoms with Gasteiger partial charge in [-0.05, 0) is 30.9 Å². The van der Waals surface area contributed by atoms with Gasteiger partial charge in [-0.15, -0.1) is 0 Å². The highest BCUT2D eigenvalue weighted by molar-refractivity contribution is 5.87. The third-order valence-electron chi connectivity index (χ3n) is 4.10. The Balaban J connectivity index is 1.61. The zero-order valence-electron chi connectivity index (χ0n) is 12.7. The van der Waals surface area contributed by atoms with Crippen LogP contribution in [0.25, 0.3) is 10.8 Å². The molecule has 1 fully saturated rings. The van der Waals surface area contributed by atoms with Crippen LogP contribution in [0.5, 0.6) is 0 Å². The molecule has 0 saturated carbocycles. The Kier molecular flexibility index (Phi) is 3.79. The van der Waals surface area contributed by atoms with E-state index in [1.165, 1.54) is 0 Å². The first-order chi connectivity index (χ1) is 11.4. The smallest absolute Gasteiger partial charge is 0.199 e. The van der Waals surface area contributed by atoms with Crippen LogP contribution in [0.4, 0.5) is 0 Å². The number of hydrogen-bond acceptors (Lipinski definition) is 4. The summed E-state index contributed by atoms with van der Waals surface area (Å²) in [5, 5.41) is 2.18. The SMILES string of the molecule is C(#Cc1cccc2cnccc12)c1cnc(C2CCOCC2)o1. The highest BCUT2D eigenvalue weighted by atomic mass is 16.5. The van der Waals surface area contributed by atoms with Crippen LogP contribution in [-0.2, 0) is 4.74 Å². The van der Waals surface area contributed by atoms with Gasteiger partial charge in [-0.3, -0.25) is 4.98 Å². The third kappa shape index (κ3) is 2.96. The lowest BCUT2D eigenvalue weighted by Crippen LogP contribution is -2.14. The van der Waals surface area contributed by atoms with Crippen LogP contribution < -0.4 is 0 Å². The first kappa shape index (κ1) is 14.0. The van der Waals surface area contributed by atoms with Crippen molar-refractivity contribution in [3.8, 4) is 11.8 Å². The van der Waals surface area contributed by atoms with E-state index in [1.807, 2.05) is 30.5 Å². The minimum atomic E-state index is 0.350. The molecule has 0 amide bonds. The molecule has 114 valence electrons. The molecular weight excluding hydrogens is 288 g/mol. The average molecular weight is 304 g/mol. The minimum Gasteiger partial charge on any atom is -0.432 e. The molecule has 2 aromatic heterocycles. The maximum Gasteiger partial charge on any atom is 0.199 e. The summed E-state index contributed by atoms with van der Waals surface area (Å²) in [6.45, 7) is 1.55. The number of ether oxygens (including phenoxy) is 1. The molecule has 0 atom stereocenters. The summed E-state index contributed by atoms with van der Waals surface area (Å²) in [6, 6.07) is 8.01. The van der Waals surface area contributed by atoms with Crippen LogP contribution in [-0.4, -0.2) is 23.2 Å². The maximum absolute atomic E-state index is 5.80. The van der Waals surface area contributed by atoms with E-state index in [4.69, 9.17) is 9.15 Å². The molecule has 0 radical (unpaired) electrons. The lowest BCUT2D eigenvalue weighted by atomic mass is 10.0. The third-order valence-corrected chi connectivity index (χ3v) is 4.10. The van der Waals surface area contributed by atoms with Crippen molar-refractivity contribution in [2.45, 2.75) is 18.8 Å². The van der Waals surface area contributed by atoms with Gasteiger partial charge in [0.05, 0.1) is 6.20 Å². The summed E-state index contributed by atoms with van der Waals surface area (Å²) in [6.07, 6.45) is 7.27. The number of pyridine rings is 1. The number of fused-ring (bicyclic) bond motifs is 1. The Morgan fingerprint density at radius 1 is 1.04 bits per heavy atom. The summed E-state index contributed by atoms with van der Waals surface area (Å²) in [5.74, 6) is 8.00. The lowest BCUT2D eigenvalue weighted by molar-refractivity contribution is 0.0793. The van der Waals surface area contributed by atoms with E-state index in [0.717, 1.165) is 48.3 Å². The Hall–Kier alpha value is -2.64. The van der Waals surface area contributed by atoms with Crippen molar-refractivity contribution in [1.29, 1.82) is 0 Å². The van der Waals surface area contributed by atoms with E-state index in [0.29, 0.717) is 11.7 Å². The number of oxazole rings is 1. The topological polar surface area (TPSA) is 48.2 Å². The summed E-state index contributed by atoms with van der Waals surface area (Å²) >= 11 is 0. The van der Waals surface area contributed by atoms with Crippen molar-refractivity contribution < 1.29 is 9.15 Å². The molecule has 4 heteroatoms. The zero-order chi connectivity index (χ0) is 15.5. The Bertz CT molecular complexity index is 878. The molecule has 23 heavy (non-hydrogen) atoms. The van der Waals surface area contributed by atoms with Crippen LogP contribution >= 0.6 is 0 Å². The summed E-state index contributed by atoms with van der Waals surface area (Å²) in [5.41, 5.74) is 0.967. The highest BCUT2D eigenvalue weighted by Crippen LogP contribution is 2.26. The van der Waals surface area contributed by atoms with Crippen LogP contribution in [0.1, 0.15) is 36.0 Å². The number of aromatic nitrogens is 2. The van der Waals surface area contributed by atoms with E-state index in [2.05, 4.69) is 21.8 Å². The van der Waals surface area contributed by atoms with Gasteiger partial charge in [-0.1, -0.05) is 18.1 Å². The van der Waals surface area contributed by atoms with Gasteiger partial charge >= 0.3 is 0 Å². The Morgan fingerprint density at radius 2 is 1.96 bits per heavy atom. The molecule has 1 aliphatic heterocycles. The Labute approximate surface area is 134 Å². The van der Waals surface area contributed by atoms with Gasteiger partial charge in [0.25, 0.3) is 0 Å². The number of nitrogens with zero attached hydrogens (tertiary/aromatic N) is 2. The summed E-state index contributed by atoms with van der Waals surface area (Å²) in [4.78, 5) is 8.52. The zero-order valence-corrected chi connectivity index (χ0v) is 12.7. The van der Waals surface area contributed by atoms with Crippen molar-refractivity contribution in [1.82, 2.24) is 9.97 Å². The van der Waals surface area contributed by atoms with E-state index in [9.17, 15) is 0 Å². The largest absolute Gasteiger partial charge is 0.432 e. The van der Waals surface area contributed by atoms with Gasteiger partial charge in [0.1, 0.15) is 0 Å². The first-order valence-electron chi connectivity index (χ1n) is 7.78. The van der Waals surface area contributed by atoms with E-state index >= 15 is 0 Å². The molecule has 1 aliphatic rings. The second-order valence-corrected chi connectivity index (χ2v) is 5.60. The van der Waals surface area contributed by atoms with Crippen molar-refractivity contribution in [3.63, 3.8) is 0 Å². The van der Waals surface area contributed by atoms with Crippen LogP contribution in [0.15, 0.2) is 47.3 Å². The van der Waals surface area contributed by atoms with Gasteiger partial charge in [0.2, 0.25) is 0 Å². The molecule has 0 aliphatic carbocycles. The fourth-order valence-corrected chi connectivity index (χ4v) is 2.84. The van der Waals surface area contributed by atoms with Crippen molar-refractivity contribution in [2.75, 3.05) is 13.2 Å². The molecule has 0 bridgehead atoms. The van der Waals surface area contributed by atoms with Crippen molar-refractivity contribution >= 4 is 10.8 Å². The monoisotopic (exact) mass is 304 g/mol. The fourth-order valence-electron chi connectivity index (χ4n) is 2.84. The van der Waals surface area contributed by atoms with Gasteiger partial charge in [0, 0.05) is 47.9 Å². The standard InChI is InChI=1S/C19H16N2O2/c1-2-14(18-6-9-20-12-16(18)3-1)4-5-17-13-21-19(23-17)15-7-10-22-11-8-15/h1-3,6,9,12-13,15H,7-8,10-11H2.